The highest BCUT2D eigenvalue weighted by molar-refractivity contribution is 9.10. The summed E-state index contributed by atoms with van der Waals surface area (Å²) in [5, 5.41) is 4.89. The Morgan fingerprint density at radius 3 is 1.09 bits per heavy atom. The van der Waals surface area contributed by atoms with Crippen molar-refractivity contribution in [2.45, 2.75) is 196 Å². The van der Waals surface area contributed by atoms with Crippen LogP contribution in [0.15, 0.2) is 116 Å². The maximum atomic E-state index is 12.7. The third-order valence-corrected chi connectivity index (χ3v) is 30.0. The molecule has 16 nitrogen and oxygen atoms in total. The van der Waals surface area contributed by atoms with Crippen LogP contribution in [0.4, 0.5) is 0 Å². The average Bonchev–Trinajstić information content (AvgIpc) is 3.28. The Balaban J connectivity index is 0.000000480. The zero-order valence-corrected chi connectivity index (χ0v) is 54.6. The summed E-state index contributed by atoms with van der Waals surface area (Å²) < 4.78 is 93.8. The van der Waals surface area contributed by atoms with Crippen molar-refractivity contribution >= 4 is 73.4 Å². The Morgan fingerprint density at radius 1 is 0.520 bits per heavy atom. The normalized spacial score (nSPS) is 13.6. The molecule has 0 bridgehead atoms. The van der Waals surface area contributed by atoms with E-state index in [1.54, 1.807) is 42.6 Å². The highest BCUT2D eigenvalue weighted by Gasteiger charge is 2.40. The quantitative estimate of drug-likeness (QED) is 0.0545. The molecule has 0 aliphatic heterocycles. The molecule has 0 fully saturated rings. The van der Waals surface area contributed by atoms with Crippen LogP contribution in [-0.4, -0.2) is 71.2 Å². The summed E-state index contributed by atoms with van der Waals surface area (Å²) >= 11 is 1.42. The van der Waals surface area contributed by atoms with Gasteiger partial charge < -0.3 is 4.55 Å². The monoisotopic (exact) mass is 1210 g/mol. The first-order valence-electron chi connectivity index (χ1n) is 24.7. The van der Waals surface area contributed by atoms with Gasteiger partial charge in [-0.1, -0.05) is 137 Å². The lowest BCUT2D eigenvalue weighted by Gasteiger charge is -2.37. The van der Waals surface area contributed by atoms with Gasteiger partial charge in [-0.25, -0.2) is 43.9 Å². The fourth-order valence-electron chi connectivity index (χ4n) is 5.38. The van der Waals surface area contributed by atoms with E-state index in [9.17, 15) is 25.3 Å². The topological polar surface area (TPSA) is 261 Å². The van der Waals surface area contributed by atoms with Crippen LogP contribution < -0.4 is 13.9 Å². The summed E-state index contributed by atoms with van der Waals surface area (Å²) in [6, 6.07) is 17.6. The fourth-order valence-corrected chi connectivity index (χ4v) is 16.3. The first-order valence-corrected chi connectivity index (χ1v) is 37.1. The van der Waals surface area contributed by atoms with Gasteiger partial charge in [0.1, 0.15) is 31.3 Å². The molecule has 0 aliphatic carbocycles. The van der Waals surface area contributed by atoms with Crippen molar-refractivity contribution in [2.75, 3.05) is 0 Å². The van der Waals surface area contributed by atoms with Gasteiger partial charge in [0.25, 0.3) is 0 Å². The van der Waals surface area contributed by atoms with E-state index < -0.39 is 57.5 Å². The van der Waals surface area contributed by atoms with Crippen molar-refractivity contribution < 1.29 is 29.8 Å². The summed E-state index contributed by atoms with van der Waals surface area (Å²) in [4.78, 5) is 21.9. The van der Waals surface area contributed by atoms with Gasteiger partial charge >= 0.3 is 0 Å². The second kappa shape index (κ2) is 28.9. The van der Waals surface area contributed by atoms with Crippen molar-refractivity contribution in [3.05, 3.63) is 125 Å². The predicted molar refractivity (Wildman–Crippen MR) is 317 cm³/mol. The Morgan fingerprint density at radius 2 is 0.827 bits per heavy atom. The molecule has 5 aromatic heterocycles. The summed E-state index contributed by atoms with van der Waals surface area (Å²) in [6.45, 7) is 41.4. The SMILES string of the molecule is CC(C)c1ccc(Br)cn1.CC(C)c1ccc(S(=N)(=O)N[Si](C)(C)C(C)(C)C)cn1.CC(C)c1ccc(S(=O)(=O)N[Si](C)(C)C(C)(C)C)cn1.CC(C)c1ccc(S(=O)O)cn1.CC(C)c1ccc(S(N)(=O)=O)cn1. The van der Waals surface area contributed by atoms with Crippen LogP contribution in [0.5, 0.6) is 0 Å². The smallest absolute Gasteiger partial charge is 0.239 e. The van der Waals surface area contributed by atoms with Crippen molar-refractivity contribution in [1.82, 2.24) is 33.7 Å². The minimum atomic E-state index is -3.61. The van der Waals surface area contributed by atoms with E-state index in [-0.39, 0.29) is 25.8 Å². The third kappa shape index (κ3) is 23.6. The number of nitrogens with two attached hydrogens (primary N) is 1. The lowest BCUT2D eigenvalue weighted by Crippen LogP contribution is -2.54. The average molecular weight is 1210 g/mol. The second-order valence-electron chi connectivity index (χ2n) is 22.7. The number of halogens is 1. The van der Waals surface area contributed by atoms with Crippen LogP contribution in [0, 0.1) is 4.78 Å². The number of sulfonamides is 2. The zero-order valence-electron chi connectivity index (χ0n) is 47.8. The number of nitrogens with one attached hydrogen (secondary N) is 3. The van der Waals surface area contributed by atoms with Crippen LogP contribution in [0.2, 0.25) is 36.3 Å². The summed E-state index contributed by atoms with van der Waals surface area (Å²) in [7, 11) is -14.2. The Kier molecular flexibility index (Phi) is 26.8. The van der Waals surface area contributed by atoms with E-state index in [0.717, 1.165) is 32.9 Å². The largest absolute Gasteiger partial charge is 0.302 e. The number of nitrogens with zero attached hydrogens (tertiary/aromatic N) is 5. The first kappa shape index (κ1) is 69.5. The second-order valence-corrected chi connectivity index (χ2v) is 40.3. The molecule has 6 N–H and O–H groups in total. The van der Waals surface area contributed by atoms with Crippen molar-refractivity contribution in [2.24, 2.45) is 5.14 Å². The molecule has 75 heavy (non-hydrogen) atoms. The molecule has 420 valence electrons. The molecule has 0 saturated heterocycles. The van der Waals surface area contributed by atoms with Gasteiger partial charge in [-0.15, -0.1) is 0 Å². The number of primary sulfonamides is 1. The predicted octanol–water partition coefficient (Wildman–Crippen LogP) is 13.2. The minimum Gasteiger partial charge on any atom is -0.302 e. The van der Waals surface area contributed by atoms with Gasteiger partial charge in [0.05, 0.1) is 14.7 Å². The van der Waals surface area contributed by atoms with Crippen LogP contribution >= 0.6 is 15.9 Å². The molecule has 0 saturated carbocycles. The lowest BCUT2D eigenvalue weighted by molar-refractivity contribution is 0.563. The van der Waals surface area contributed by atoms with E-state index in [1.807, 2.05) is 79.0 Å². The molecule has 0 amide bonds. The molecular formula is C52H86BrN9O7S4Si2. The molecule has 5 rings (SSSR count). The maximum Gasteiger partial charge on any atom is 0.239 e. The fraction of sp³-hybridized carbons (Fsp3) is 0.519. The van der Waals surface area contributed by atoms with Gasteiger partial charge in [-0.3, -0.25) is 24.9 Å². The molecule has 0 aromatic carbocycles. The van der Waals surface area contributed by atoms with Gasteiger partial charge in [0.15, 0.2) is 11.1 Å². The molecule has 0 aliphatic rings. The van der Waals surface area contributed by atoms with Crippen molar-refractivity contribution in [3.63, 3.8) is 0 Å². The van der Waals surface area contributed by atoms with Gasteiger partial charge in [0, 0.05) is 63.9 Å². The summed E-state index contributed by atoms with van der Waals surface area (Å²) in [5.41, 5.74) is 4.78. The molecule has 2 atom stereocenters. The van der Waals surface area contributed by atoms with Gasteiger partial charge in [0.2, 0.25) is 20.0 Å². The lowest BCUT2D eigenvalue weighted by atomic mass is 10.1. The van der Waals surface area contributed by atoms with Crippen LogP contribution in [-0.2, 0) is 41.0 Å². The van der Waals surface area contributed by atoms with Crippen molar-refractivity contribution in [1.29, 1.82) is 4.78 Å². The van der Waals surface area contributed by atoms with Crippen LogP contribution in [0.3, 0.4) is 0 Å². The number of pyridine rings is 5. The van der Waals surface area contributed by atoms with Crippen LogP contribution in [0.1, 0.15) is 169 Å². The minimum absolute atomic E-state index is 0.0298. The molecule has 0 spiro atoms. The zero-order chi connectivity index (χ0) is 58.3. The third-order valence-electron chi connectivity index (χ3n) is 12.5. The van der Waals surface area contributed by atoms with Crippen LogP contribution in [0.25, 0.3) is 0 Å². The van der Waals surface area contributed by atoms with E-state index in [1.165, 1.54) is 24.7 Å². The van der Waals surface area contributed by atoms with Crippen molar-refractivity contribution in [3.8, 4) is 0 Å². The van der Waals surface area contributed by atoms with Gasteiger partial charge in [-0.05, 0) is 116 Å². The molecule has 5 aromatic rings. The highest BCUT2D eigenvalue weighted by atomic mass is 79.9. The molecular weight excluding hydrogens is 1130 g/mol. The van der Waals surface area contributed by atoms with E-state index in [4.69, 9.17) is 14.5 Å². The number of hydrogen-bond donors (Lipinski definition) is 5. The Labute approximate surface area is 464 Å². The number of rotatable bonds is 13. The molecule has 2 unspecified atom stereocenters. The van der Waals surface area contributed by atoms with E-state index >= 15 is 0 Å². The maximum absolute atomic E-state index is 12.7. The molecule has 5 heterocycles. The number of aromatic nitrogens is 5. The molecule has 0 radical (unpaired) electrons. The highest BCUT2D eigenvalue weighted by Crippen LogP contribution is 2.36. The van der Waals surface area contributed by atoms with E-state index in [0.29, 0.717) is 33.5 Å². The Hall–Kier alpha value is -3.50. The number of hydrogen-bond acceptors (Lipinski definition) is 12. The first-order chi connectivity index (χ1) is 34.0. The summed E-state index contributed by atoms with van der Waals surface area (Å²) in [6.07, 6.45) is 7.57. The van der Waals surface area contributed by atoms with Gasteiger partial charge in [-0.2, -0.15) is 0 Å². The summed E-state index contributed by atoms with van der Waals surface area (Å²) in [5.74, 6) is 1.79. The standard InChI is InChI=1S/C14H27N3OSSi.C14H26N2O2SSi.C8H10BrN.C8H12N2O2S.C8H11NO2S/c1-11(2)13-9-8-12(10-16-13)19(15,18)17-20(6,7)14(3,4)5;1-11(2)13-9-8-12(10-15-13)19(17,18)16-20(6,7)14(3,4)5;1-6(2)8-4-3-7(9)5-10-8;1-6(2)8-4-3-7(5-10-8)13(9,11)12;1-6(2)8-4-3-7(5-9-8)12(10)11/h8-11H,1-7H3,(H2,15,17,18);8-11,16H,1-7H3;3-6H,1-2H3;3-6H,1-2H3,(H2,9,11,12);3-6H,1-2H3,(H,10,11). The Bertz CT molecular complexity index is 2790. The van der Waals surface area contributed by atoms with E-state index in [2.05, 4.69) is 132 Å². The molecule has 23 heteroatoms.